The van der Waals surface area contributed by atoms with E-state index in [1.165, 1.54) is 11.1 Å². The van der Waals surface area contributed by atoms with Crippen LogP contribution >= 0.6 is 0 Å². The van der Waals surface area contributed by atoms with Crippen LogP contribution in [0.1, 0.15) is 23.5 Å². The number of carbonyl (C=O) groups is 1. The van der Waals surface area contributed by atoms with Crippen molar-refractivity contribution in [1.82, 2.24) is 0 Å². The van der Waals surface area contributed by atoms with Crippen molar-refractivity contribution in [3.63, 3.8) is 0 Å². The molecule has 0 fully saturated rings. The van der Waals surface area contributed by atoms with Crippen molar-refractivity contribution in [3.05, 3.63) is 59.7 Å². The average molecular weight is 280 g/mol. The Kier molecular flexibility index (Phi) is 3.65. The molecule has 3 nitrogen and oxygen atoms in total. The molecule has 1 aliphatic heterocycles. The van der Waals surface area contributed by atoms with E-state index in [2.05, 4.69) is 17.4 Å². The van der Waals surface area contributed by atoms with Gasteiger partial charge in [-0.15, -0.1) is 0 Å². The van der Waals surface area contributed by atoms with Crippen molar-refractivity contribution < 1.29 is 4.79 Å². The number of rotatable bonds is 3. The second-order valence-corrected chi connectivity index (χ2v) is 5.66. The molecule has 2 aromatic rings. The molecule has 1 heterocycles. The summed E-state index contributed by atoms with van der Waals surface area (Å²) in [5.74, 6) is 0.421. The smallest absolute Gasteiger partial charge is 0.227 e. The lowest BCUT2D eigenvalue weighted by Gasteiger charge is -2.20. The molecule has 108 valence electrons. The molecular weight excluding hydrogens is 260 g/mol. The second kappa shape index (κ2) is 5.60. The summed E-state index contributed by atoms with van der Waals surface area (Å²) in [4.78, 5) is 14.3. The van der Waals surface area contributed by atoms with Crippen LogP contribution in [0.25, 0.3) is 0 Å². The molecule has 2 aromatic carbocycles. The topological polar surface area (TPSA) is 32.3 Å². The van der Waals surface area contributed by atoms with Crippen molar-refractivity contribution in [2.45, 2.75) is 19.3 Å². The number of hydrogen-bond acceptors (Lipinski definition) is 2. The summed E-state index contributed by atoms with van der Waals surface area (Å²) in [6.07, 6.45) is 0.536. The maximum Gasteiger partial charge on any atom is 0.227 e. The van der Waals surface area contributed by atoms with Crippen LogP contribution in [0.15, 0.2) is 48.5 Å². The highest BCUT2D eigenvalue weighted by molar-refractivity contribution is 5.93. The fourth-order valence-corrected chi connectivity index (χ4v) is 2.87. The molecule has 0 spiro atoms. The molecular formula is C18H20N2O. The summed E-state index contributed by atoms with van der Waals surface area (Å²) in [5.41, 5.74) is 4.54. The molecule has 21 heavy (non-hydrogen) atoms. The summed E-state index contributed by atoms with van der Waals surface area (Å²) in [7, 11) is 1.85. The Bertz CT molecular complexity index is 666. The van der Waals surface area contributed by atoms with Crippen molar-refractivity contribution >= 4 is 17.3 Å². The lowest BCUT2D eigenvalue weighted by molar-refractivity contribution is -0.118. The summed E-state index contributed by atoms with van der Waals surface area (Å²) in [6, 6.07) is 16.3. The molecule has 1 N–H and O–H groups in total. The molecule has 0 aromatic heterocycles. The number of anilines is 2. The molecule has 0 saturated carbocycles. The molecule has 1 amide bonds. The lowest BCUT2D eigenvalue weighted by atomic mass is 9.97. The van der Waals surface area contributed by atoms with Gasteiger partial charge in [0.1, 0.15) is 0 Å². The van der Waals surface area contributed by atoms with Crippen LogP contribution in [0.5, 0.6) is 0 Å². The zero-order valence-electron chi connectivity index (χ0n) is 12.5. The SMILES string of the molecule is Cc1cccc(N(C)C(=O)CC2CNc3ccccc32)c1. The highest BCUT2D eigenvalue weighted by atomic mass is 16.2. The highest BCUT2D eigenvalue weighted by Crippen LogP contribution is 2.33. The highest BCUT2D eigenvalue weighted by Gasteiger charge is 2.25. The maximum atomic E-state index is 12.5. The Morgan fingerprint density at radius 2 is 2.05 bits per heavy atom. The van der Waals surface area contributed by atoms with Gasteiger partial charge >= 0.3 is 0 Å². The third kappa shape index (κ3) is 2.77. The molecule has 0 saturated heterocycles. The van der Waals surface area contributed by atoms with E-state index in [1.54, 1.807) is 4.90 Å². The minimum Gasteiger partial charge on any atom is -0.384 e. The largest absolute Gasteiger partial charge is 0.384 e. The third-order valence-corrected chi connectivity index (χ3v) is 4.12. The van der Waals surface area contributed by atoms with E-state index < -0.39 is 0 Å². The number of para-hydroxylation sites is 1. The van der Waals surface area contributed by atoms with Gasteiger partial charge in [-0.25, -0.2) is 0 Å². The molecule has 3 rings (SSSR count). The molecule has 0 aliphatic carbocycles. The van der Waals surface area contributed by atoms with Gasteiger partial charge in [0, 0.05) is 37.3 Å². The number of fused-ring (bicyclic) bond motifs is 1. The minimum absolute atomic E-state index is 0.157. The van der Waals surface area contributed by atoms with Gasteiger partial charge in [-0.1, -0.05) is 30.3 Å². The molecule has 1 atom stereocenters. The fraction of sp³-hybridized carbons (Fsp3) is 0.278. The van der Waals surface area contributed by atoms with E-state index in [4.69, 9.17) is 0 Å². The average Bonchev–Trinajstić information content (AvgIpc) is 2.90. The van der Waals surface area contributed by atoms with Crippen molar-refractivity contribution in [2.75, 3.05) is 23.8 Å². The van der Waals surface area contributed by atoms with Crippen LogP contribution in [0.4, 0.5) is 11.4 Å². The Labute approximate surface area is 125 Å². The Hall–Kier alpha value is -2.29. The van der Waals surface area contributed by atoms with Gasteiger partial charge < -0.3 is 10.2 Å². The molecule has 3 heteroatoms. The van der Waals surface area contributed by atoms with Gasteiger partial charge in [0.2, 0.25) is 5.91 Å². The van der Waals surface area contributed by atoms with Crippen LogP contribution in [0.2, 0.25) is 0 Å². The van der Waals surface area contributed by atoms with Gasteiger partial charge in [-0.3, -0.25) is 4.79 Å². The van der Waals surface area contributed by atoms with Gasteiger partial charge in [0.05, 0.1) is 0 Å². The molecule has 0 radical (unpaired) electrons. The number of benzene rings is 2. The number of carbonyl (C=O) groups excluding carboxylic acids is 1. The van der Waals surface area contributed by atoms with Gasteiger partial charge in [-0.05, 0) is 36.2 Å². The first-order valence-electron chi connectivity index (χ1n) is 7.31. The Morgan fingerprint density at radius 1 is 1.24 bits per heavy atom. The first-order valence-corrected chi connectivity index (χ1v) is 7.31. The van der Waals surface area contributed by atoms with Crippen LogP contribution in [0, 0.1) is 6.92 Å². The number of amides is 1. The van der Waals surface area contributed by atoms with Gasteiger partial charge in [0.15, 0.2) is 0 Å². The van der Waals surface area contributed by atoms with Crippen LogP contribution in [-0.2, 0) is 4.79 Å². The maximum absolute atomic E-state index is 12.5. The van der Waals surface area contributed by atoms with E-state index >= 15 is 0 Å². The van der Waals surface area contributed by atoms with Gasteiger partial charge in [-0.2, -0.15) is 0 Å². The number of nitrogens with one attached hydrogen (secondary N) is 1. The third-order valence-electron chi connectivity index (χ3n) is 4.12. The predicted octanol–water partition coefficient (Wildman–Crippen LogP) is 3.56. The first kappa shape index (κ1) is 13.7. The van der Waals surface area contributed by atoms with Crippen molar-refractivity contribution in [1.29, 1.82) is 0 Å². The van der Waals surface area contributed by atoms with E-state index in [-0.39, 0.29) is 11.8 Å². The summed E-state index contributed by atoms with van der Waals surface area (Å²) in [6.45, 7) is 2.88. The first-order chi connectivity index (χ1) is 10.1. The zero-order chi connectivity index (χ0) is 14.8. The van der Waals surface area contributed by atoms with E-state index in [0.717, 1.165) is 17.9 Å². The predicted molar refractivity (Wildman–Crippen MR) is 86.9 cm³/mol. The Morgan fingerprint density at radius 3 is 2.86 bits per heavy atom. The fourth-order valence-electron chi connectivity index (χ4n) is 2.87. The summed E-state index contributed by atoms with van der Waals surface area (Å²) in [5, 5.41) is 3.37. The van der Waals surface area contributed by atoms with Crippen molar-refractivity contribution in [2.24, 2.45) is 0 Å². The number of nitrogens with zero attached hydrogens (tertiary/aromatic N) is 1. The van der Waals surface area contributed by atoms with E-state index in [1.807, 2.05) is 50.4 Å². The van der Waals surface area contributed by atoms with Crippen LogP contribution < -0.4 is 10.2 Å². The second-order valence-electron chi connectivity index (χ2n) is 5.66. The zero-order valence-corrected chi connectivity index (χ0v) is 12.5. The van der Waals surface area contributed by atoms with Crippen LogP contribution in [-0.4, -0.2) is 19.5 Å². The standard InChI is InChI=1S/C18H20N2O/c1-13-6-5-7-15(10-13)20(2)18(21)11-14-12-19-17-9-4-3-8-16(14)17/h3-10,14,19H,11-12H2,1-2H3. The van der Waals surface area contributed by atoms with Crippen molar-refractivity contribution in [3.8, 4) is 0 Å². The quantitative estimate of drug-likeness (QED) is 0.932. The Balaban J connectivity index is 1.73. The van der Waals surface area contributed by atoms with Crippen LogP contribution in [0.3, 0.4) is 0 Å². The monoisotopic (exact) mass is 280 g/mol. The number of aryl methyl sites for hydroxylation is 1. The minimum atomic E-state index is 0.157. The van der Waals surface area contributed by atoms with E-state index in [9.17, 15) is 4.79 Å². The van der Waals surface area contributed by atoms with Gasteiger partial charge in [0.25, 0.3) is 0 Å². The summed E-state index contributed by atoms with van der Waals surface area (Å²) >= 11 is 0. The lowest BCUT2D eigenvalue weighted by Crippen LogP contribution is -2.28. The molecule has 0 bridgehead atoms. The molecule has 1 unspecified atom stereocenters. The molecule has 1 aliphatic rings. The van der Waals surface area contributed by atoms with E-state index in [0.29, 0.717) is 6.42 Å². The summed E-state index contributed by atoms with van der Waals surface area (Å²) < 4.78 is 0. The number of hydrogen-bond donors (Lipinski definition) is 1. The normalized spacial score (nSPS) is 16.2.